The zero-order chi connectivity index (χ0) is 17.2. The van der Waals surface area contributed by atoms with Gasteiger partial charge in [-0.15, -0.1) is 0 Å². The number of hydrogen-bond acceptors (Lipinski definition) is 2. The van der Waals surface area contributed by atoms with Crippen molar-refractivity contribution in [3.05, 3.63) is 83.9 Å². The van der Waals surface area contributed by atoms with Crippen molar-refractivity contribution in [1.29, 1.82) is 5.26 Å². The second kappa shape index (κ2) is 6.10. The van der Waals surface area contributed by atoms with E-state index >= 15 is 0 Å². The van der Waals surface area contributed by atoms with Crippen molar-refractivity contribution in [3.63, 3.8) is 0 Å². The Kier molecular flexibility index (Phi) is 3.64. The summed E-state index contributed by atoms with van der Waals surface area (Å²) in [5.74, 6) is 0. The largest absolute Gasteiger partial charge is 0.354 e. The van der Waals surface area contributed by atoms with Crippen LogP contribution in [0.4, 0.5) is 0 Å². The van der Waals surface area contributed by atoms with Gasteiger partial charge in [0.05, 0.1) is 17.3 Å². The standard InChI is InChI=1S/C22H14N2O/c23-13-15-6-11-21-19(12-15)20(14-25)22(24-21)18-9-7-17(8-10-18)16-4-2-1-3-5-16/h1-12,14,24H. The highest BCUT2D eigenvalue weighted by Gasteiger charge is 2.13. The summed E-state index contributed by atoms with van der Waals surface area (Å²) in [6.45, 7) is 0. The Hall–Kier alpha value is -3.64. The van der Waals surface area contributed by atoms with Gasteiger partial charge in [-0.3, -0.25) is 4.79 Å². The number of aromatic amines is 1. The summed E-state index contributed by atoms with van der Waals surface area (Å²) < 4.78 is 0. The maximum Gasteiger partial charge on any atom is 0.152 e. The first-order chi connectivity index (χ1) is 12.3. The fraction of sp³-hybridized carbons (Fsp3) is 0. The number of aromatic nitrogens is 1. The number of rotatable bonds is 3. The lowest BCUT2D eigenvalue weighted by Crippen LogP contribution is -1.85. The first-order valence-corrected chi connectivity index (χ1v) is 7.97. The predicted molar refractivity (Wildman–Crippen MR) is 99.3 cm³/mol. The lowest BCUT2D eigenvalue weighted by molar-refractivity contribution is 0.112. The Morgan fingerprint density at radius 1 is 0.840 bits per heavy atom. The lowest BCUT2D eigenvalue weighted by atomic mass is 10.0. The summed E-state index contributed by atoms with van der Waals surface area (Å²) in [5.41, 5.74) is 5.97. The summed E-state index contributed by atoms with van der Waals surface area (Å²) in [6.07, 6.45) is 0.848. The molecular weight excluding hydrogens is 308 g/mol. The average molecular weight is 322 g/mol. The van der Waals surface area contributed by atoms with Gasteiger partial charge in [0.1, 0.15) is 0 Å². The molecule has 0 aliphatic carbocycles. The molecule has 0 aliphatic rings. The van der Waals surface area contributed by atoms with E-state index < -0.39 is 0 Å². The minimum absolute atomic E-state index is 0.542. The van der Waals surface area contributed by atoms with Gasteiger partial charge in [-0.05, 0) is 34.9 Å². The van der Waals surface area contributed by atoms with Crippen LogP contribution in [0.3, 0.4) is 0 Å². The minimum atomic E-state index is 0.542. The van der Waals surface area contributed by atoms with Crippen molar-refractivity contribution in [1.82, 2.24) is 4.98 Å². The molecule has 0 saturated heterocycles. The van der Waals surface area contributed by atoms with Gasteiger partial charge in [-0.25, -0.2) is 0 Å². The number of carbonyl (C=O) groups excluding carboxylic acids is 1. The van der Waals surface area contributed by atoms with E-state index in [2.05, 4.69) is 23.2 Å². The van der Waals surface area contributed by atoms with Crippen LogP contribution in [0, 0.1) is 11.3 Å². The highest BCUT2D eigenvalue weighted by molar-refractivity contribution is 6.04. The normalized spacial score (nSPS) is 10.5. The number of fused-ring (bicyclic) bond motifs is 1. The molecule has 118 valence electrons. The van der Waals surface area contributed by atoms with Crippen LogP contribution in [0.5, 0.6) is 0 Å². The van der Waals surface area contributed by atoms with Crippen molar-refractivity contribution >= 4 is 17.2 Å². The van der Waals surface area contributed by atoms with Crippen molar-refractivity contribution in [2.45, 2.75) is 0 Å². The number of hydrogen-bond donors (Lipinski definition) is 1. The van der Waals surface area contributed by atoms with Crippen molar-refractivity contribution in [3.8, 4) is 28.5 Å². The third-order valence-electron chi connectivity index (χ3n) is 4.37. The van der Waals surface area contributed by atoms with Crippen LogP contribution in [0.25, 0.3) is 33.3 Å². The second-order valence-electron chi connectivity index (χ2n) is 5.85. The Labute approximate surface area is 145 Å². The van der Waals surface area contributed by atoms with Gasteiger partial charge in [-0.2, -0.15) is 5.26 Å². The molecule has 0 spiro atoms. The molecule has 3 aromatic carbocycles. The molecule has 4 rings (SSSR count). The number of nitrogens with one attached hydrogen (secondary N) is 1. The molecule has 0 bridgehead atoms. The molecule has 0 aliphatic heterocycles. The van der Waals surface area contributed by atoms with E-state index in [9.17, 15) is 4.79 Å². The van der Waals surface area contributed by atoms with Crippen LogP contribution < -0.4 is 0 Å². The van der Waals surface area contributed by atoms with Crippen molar-refractivity contribution in [2.24, 2.45) is 0 Å². The molecule has 0 fully saturated rings. The summed E-state index contributed by atoms with van der Waals surface area (Å²) in [4.78, 5) is 15.0. The van der Waals surface area contributed by atoms with E-state index in [0.29, 0.717) is 11.1 Å². The zero-order valence-corrected chi connectivity index (χ0v) is 13.4. The molecule has 1 heterocycles. The van der Waals surface area contributed by atoms with Gasteiger partial charge in [0.25, 0.3) is 0 Å². The number of H-pyrrole nitrogens is 1. The Bertz CT molecular complexity index is 1100. The molecule has 1 aromatic heterocycles. The minimum Gasteiger partial charge on any atom is -0.354 e. The highest BCUT2D eigenvalue weighted by Crippen LogP contribution is 2.31. The Morgan fingerprint density at radius 3 is 2.20 bits per heavy atom. The van der Waals surface area contributed by atoms with E-state index in [-0.39, 0.29) is 0 Å². The SMILES string of the molecule is N#Cc1ccc2[nH]c(-c3ccc(-c4ccccc4)cc3)c(C=O)c2c1. The van der Waals surface area contributed by atoms with Gasteiger partial charge >= 0.3 is 0 Å². The van der Waals surface area contributed by atoms with Gasteiger partial charge in [0, 0.05) is 16.5 Å². The third-order valence-corrected chi connectivity index (χ3v) is 4.37. The number of aldehydes is 1. The number of carbonyl (C=O) groups is 1. The molecule has 0 atom stereocenters. The summed E-state index contributed by atoms with van der Waals surface area (Å²) in [5, 5.41) is 9.85. The monoisotopic (exact) mass is 322 g/mol. The molecule has 25 heavy (non-hydrogen) atoms. The van der Waals surface area contributed by atoms with Gasteiger partial charge in [-0.1, -0.05) is 54.6 Å². The maximum absolute atomic E-state index is 11.7. The van der Waals surface area contributed by atoms with Crippen LogP contribution in [0.2, 0.25) is 0 Å². The molecular formula is C22H14N2O. The summed E-state index contributed by atoms with van der Waals surface area (Å²) in [6, 6.07) is 25.7. The molecule has 0 unspecified atom stereocenters. The van der Waals surface area contributed by atoms with Gasteiger partial charge < -0.3 is 4.98 Å². The smallest absolute Gasteiger partial charge is 0.152 e. The molecule has 3 heteroatoms. The summed E-state index contributed by atoms with van der Waals surface area (Å²) >= 11 is 0. The summed E-state index contributed by atoms with van der Waals surface area (Å²) in [7, 11) is 0. The van der Waals surface area contributed by atoms with Crippen LogP contribution >= 0.6 is 0 Å². The van der Waals surface area contributed by atoms with Crippen LogP contribution in [-0.2, 0) is 0 Å². The van der Waals surface area contributed by atoms with Gasteiger partial charge in [0.2, 0.25) is 0 Å². The zero-order valence-electron chi connectivity index (χ0n) is 13.4. The van der Waals surface area contributed by atoms with Crippen molar-refractivity contribution in [2.75, 3.05) is 0 Å². The Balaban J connectivity index is 1.82. The third kappa shape index (κ3) is 2.60. The van der Waals surface area contributed by atoms with Crippen LogP contribution in [-0.4, -0.2) is 11.3 Å². The number of benzene rings is 3. The molecule has 1 N–H and O–H groups in total. The maximum atomic E-state index is 11.7. The molecule has 0 amide bonds. The van der Waals surface area contributed by atoms with E-state index in [1.165, 1.54) is 0 Å². The molecule has 0 saturated carbocycles. The van der Waals surface area contributed by atoms with Gasteiger partial charge in [0.15, 0.2) is 6.29 Å². The highest BCUT2D eigenvalue weighted by atomic mass is 16.1. The first kappa shape index (κ1) is 14.9. The Morgan fingerprint density at radius 2 is 1.52 bits per heavy atom. The van der Waals surface area contributed by atoms with E-state index in [0.717, 1.165) is 39.6 Å². The van der Waals surface area contributed by atoms with Crippen molar-refractivity contribution < 1.29 is 4.79 Å². The lowest BCUT2D eigenvalue weighted by Gasteiger charge is -2.04. The molecule has 3 nitrogen and oxygen atoms in total. The van der Waals surface area contributed by atoms with E-state index in [1.54, 1.807) is 12.1 Å². The second-order valence-corrected chi connectivity index (χ2v) is 5.85. The van der Waals surface area contributed by atoms with E-state index in [1.807, 2.05) is 48.5 Å². The quantitative estimate of drug-likeness (QED) is 0.528. The first-order valence-electron chi connectivity index (χ1n) is 7.97. The number of nitrogens with zero attached hydrogens (tertiary/aromatic N) is 1. The number of nitriles is 1. The average Bonchev–Trinajstić information content (AvgIpc) is 3.06. The van der Waals surface area contributed by atoms with Crippen LogP contribution in [0.15, 0.2) is 72.8 Å². The molecule has 0 radical (unpaired) electrons. The van der Waals surface area contributed by atoms with E-state index in [4.69, 9.17) is 5.26 Å². The van der Waals surface area contributed by atoms with Crippen LogP contribution in [0.1, 0.15) is 15.9 Å². The molecule has 4 aromatic rings. The fourth-order valence-electron chi connectivity index (χ4n) is 3.09. The predicted octanol–water partition coefficient (Wildman–Crippen LogP) is 5.19. The topological polar surface area (TPSA) is 56.6 Å². The fourth-order valence-corrected chi connectivity index (χ4v) is 3.09.